The fraction of sp³-hybridized carbons (Fsp3) is 0. The third kappa shape index (κ3) is 3.69. The van der Waals surface area contributed by atoms with Crippen LogP contribution in [0.25, 0.3) is 76.0 Å². The lowest BCUT2D eigenvalue weighted by molar-refractivity contribution is 1.11. The molecule has 0 aliphatic carbocycles. The summed E-state index contributed by atoms with van der Waals surface area (Å²) in [6.45, 7) is 0. The number of para-hydroxylation sites is 2. The van der Waals surface area contributed by atoms with Crippen molar-refractivity contribution in [2.45, 2.75) is 0 Å². The maximum atomic E-state index is 4.78. The molecule has 0 unspecified atom stereocenters. The molecule has 5 heteroatoms. The zero-order valence-electron chi connectivity index (χ0n) is 23.1. The Balaban J connectivity index is 1.37. The number of thiophene rings is 1. The molecule has 0 amide bonds. The molecule has 0 aliphatic heterocycles. The van der Waals surface area contributed by atoms with E-state index in [4.69, 9.17) is 4.98 Å². The Hall–Kier alpha value is -5.52. The van der Waals surface area contributed by atoms with Crippen LogP contribution in [0.4, 0.5) is 0 Å². The molecule has 9 rings (SSSR count). The van der Waals surface area contributed by atoms with Crippen molar-refractivity contribution in [2.24, 2.45) is 0 Å². The summed E-state index contributed by atoms with van der Waals surface area (Å²) in [7, 11) is 0. The van der Waals surface area contributed by atoms with Gasteiger partial charge < -0.3 is 4.57 Å². The highest BCUT2D eigenvalue weighted by molar-refractivity contribution is 7.18. The fourth-order valence-corrected chi connectivity index (χ4v) is 7.44. The molecule has 0 saturated carbocycles. The van der Waals surface area contributed by atoms with Gasteiger partial charge in [0, 0.05) is 48.9 Å². The van der Waals surface area contributed by atoms with Crippen molar-refractivity contribution >= 4 is 55.1 Å². The number of hydrogen-bond acceptors (Lipinski definition) is 3. The molecule has 5 aromatic carbocycles. The number of aromatic nitrogens is 4. The molecule has 4 nitrogen and oxygen atoms in total. The normalized spacial score (nSPS) is 11.7. The van der Waals surface area contributed by atoms with E-state index in [2.05, 4.69) is 142 Å². The minimum absolute atomic E-state index is 0.904. The van der Waals surface area contributed by atoms with Crippen LogP contribution in [0.1, 0.15) is 0 Å². The minimum Gasteiger partial charge on any atom is -0.309 e. The van der Waals surface area contributed by atoms with Gasteiger partial charge in [0.2, 0.25) is 0 Å². The first-order chi connectivity index (χ1) is 21.3. The van der Waals surface area contributed by atoms with E-state index in [1.54, 1.807) is 6.33 Å². The minimum atomic E-state index is 0.904. The average molecular weight is 569 g/mol. The summed E-state index contributed by atoms with van der Waals surface area (Å²) in [4.78, 5) is 11.8. The number of rotatable bonds is 4. The van der Waals surface area contributed by atoms with E-state index in [0.29, 0.717) is 0 Å². The standard InChI is InChI=1S/C38H24N4S/c1-4-10-25(11-5-1)34-20-21-35(43-34)26-16-18-32-30(22-26)29-17-19-33-36(37(29)41(32)27-12-6-2-7-13-27)31-23-39-24-40-38(31)42(33)28-14-8-3-9-15-28/h1-24H. The van der Waals surface area contributed by atoms with E-state index in [0.717, 1.165) is 33.3 Å². The molecule has 0 N–H and O–H groups in total. The first-order valence-corrected chi connectivity index (χ1v) is 15.1. The maximum Gasteiger partial charge on any atom is 0.149 e. The molecule has 0 radical (unpaired) electrons. The summed E-state index contributed by atoms with van der Waals surface area (Å²) < 4.78 is 4.66. The van der Waals surface area contributed by atoms with E-state index >= 15 is 0 Å². The van der Waals surface area contributed by atoms with E-state index in [1.807, 2.05) is 23.6 Å². The van der Waals surface area contributed by atoms with Gasteiger partial charge in [-0.15, -0.1) is 11.3 Å². The summed E-state index contributed by atoms with van der Waals surface area (Å²) in [6.07, 6.45) is 3.60. The quantitative estimate of drug-likeness (QED) is 0.212. The van der Waals surface area contributed by atoms with Crippen molar-refractivity contribution in [3.05, 3.63) is 146 Å². The molecular formula is C38H24N4S. The topological polar surface area (TPSA) is 35.6 Å². The molecule has 0 bridgehead atoms. The summed E-state index contributed by atoms with van der Waals surface area (Å²) in [5, 5.41) is 4.63. The maximum absolute atomic E-state index is 4.78. The first-order valence-electron chi connectivity index (χ1n) is 14.3. The second-order valence-corrected chi connectivity index (χ2v) is 11.8. The number of hydrogen-bond donors (Lipinski definition) is 0. The van der Waals surface area contributed by atoms with Crippen LogP contribution in [0.3, 0.4) is 0 Å². The van der Waals surface area contributed by atoms with E-state index in [1.165, 1.54) is 42.7 Å². The fourth-order valence-electron chi connectivity index (χ4n) is 6.43. The van der Waals surface area contributed by atoms with Gasteiger partial charge in [0.25, 0.3) is 0 Å². The van der Waals surface area contributed by atoms with Crippen molar-refractivity contribution < 1.29 is 0 Å². The summed E-state index contributed by atoms with van der Waals surface area (Å²) >= 11 is 1.83. The average Bonchev–Trinajstić information content (AvgIpc) is 3.79. The van der Waals surface area contributed by atoms with Crippen molar-refractivity contribution in [3.63, 3.8) is 0 Å². The molecule has 0 saturated heterocycles. The van der Waals surface area contributed by atoms with Crippen molar-refractivity contribution in [3.8, 4) is 32.3 Å². The monoisotopic (exact) mass is 568 g/mol. The number of fused-ring (bicyclic) bond motifs is 7. The second-order valence-electron chi connectivity index (χ2n) is 10.7. The van der Waals surface area contributed by atoms with Crippen LogP contribution in [0.15, 0.2) is 146 Å². The molecule has 9 aromatic rings. The van der Waals surface area contributed by atoms with E-state index in [-0.39, 0.29) is 0 Å². The molecule has 0 fully saturated rings. The number of nitrogens with zero attached hydrogens (tertiary/aromatic N) is 4. The largest absolute Gasteiger partial charge is 0.309 e. The molecule has 43 heavy (non-hydrogen) atoms. The molecule has 4 heterocycles. The number of benzene rings is 5. The molecular weight excluding hydrogens is 545 g/mol. The Morgan fingerprint density at radius 3 is 1.91 bits per heavy atom. The zero-order chi connectivity index (χ0) is 28.3. The van der Waals surface area contributed by atoms with Crippen LogP contribution in [0, 0.1) is 0 Å². The smallest absolute Gasteiger partial charge is 0.149 e. The summed E-state index contributed by atoms with van der Waals surface area (Å²) in [5.74, 6) is 0. The van der Waals surface area contributed by atoms with E-state index in [9.17, 15) is 0 Å². The third-order valence-electron chi connectivity index (χ3n) is 8.30. The first kappa shape index (κ1) is 24.1. The lowest BCUT2D eigenvalue weighted by atomic mass is 10.1. The van der Waals surface area contributed by atoms with Crippen molar-refractivity contribution in [1.29, 1.82) is 0 Å². The Bertz CT molecular complexity index is 2440. The second kappa shape index (κ2) is 9.51. The third-order valence-corrected chi connectivity index (χ3v) is 9.48. The van der Waals surface area contributed by atoms with Crippen LogP contribution in [0.2, 0.25) is 0 Å². The van der Waals surface area contributed by atoms with Gasteiger partial charge in [-0.2, -0.15) is 0 Å². The SMILES string of the molecule is c1ccc(-c2ccc(-c3ccc4c(c3)c3ccc5c(c6cncnc6n5-c5ccccc5)c3n4-c3ccccc3)s2)cc1. The zero-order valence-corrected chi connectivity index (χ0v) is 23.9. The Labute approximate surface area is 251 Å². The van der Waals surface area contributed by atoms with Gasteiger partial charge in [0.05, 0.1) is 16.6 Å². The lowest BCUT2D eigenvalue weighted by Crippen LogP contribution is -1.95. The van der Waals surface area contributed by atoms with Crippen LogP contribution in [-0.2, 0) is 0 Å². The Morgan fingerprint density at radius 1 is 0.512 bits per heavy atom. The van der Waals surface area contributed by atoms with Gasteiger partial charge in [-0.25, -0.2) is 9.97 Å². The molecule has 202 valence electrons. The van der Waals surface area contributed by atoms with Gasteiger partial charge in [0.15, 0.2) is 0 Å². The molecule has 0 atom stereocenters. The van der Waals surface area contributed by atoms with Gasteiger partial charge in [-0.05, 0) is 65.7 Å². The molecule has 4 aromatic heterocycles. The van der Waals surface area contributed by atoms with Crippen LogP contribution < -0.4 is 0 Å². The Morgan fingerprint density at radius 2 is 1.16 bits per heavy atom. The molecule has 0 spiro atoms. The van der Waals surface area contributed by atoms with Crippen LogP contribution >= 0.6 is 11.3 Å². The highest BCUT2D eigenvalue weighted by Crippen LogP contribution is 2.43. The Kier molecular flexibility index (Phi) is 5.33. The molecule has 0 aliphatic rings. The van der Waals surface area contributed by atoms with Gasteiger partial charge in [-0.1, -0.05) is 78.9 Å². The van der Waals surface area contributed by atoms with E-state index < -0.39 is 0 Å². The van der Waals surface area contributed by atoms with Crippen molar-refractivity contribution in [2.75, 3.05) is 0 Å². The van der Waals surface area contributed by atoms with Crippen LogP contribution in [-0.4, -0.2) is 19.1 Å². The predicted octanol–water partition coefficient (Wildman–Crippen LogP) is 10.1. The van der Waals surface area contributed by atoms with Gasteiger partial charge in [0.1, 0.15) is 12.0 Å². The highest BCUT2D eigenvalue weighted by atomic mass is 32.1. The lowest BCUT2D eigenvalue weighted by Gasteiger charge is -2.09. The summed E-state index contributed by atoms with van der Waals surface area (Å²) in [5.41, 5.74) is 9.04. The highest BCUT2D eigenvalue weighted by Gasteiger charge is 2.22. The summed E-state index contributed by atoms with van der Waals surface area (Å²) in [6, 6.07) is 47.6. The van der Waals surface area contributed by atoms with Gasteiger partial charge in [-0.3, -0.25) is 4.57 Å². The predicted molar refractivity (Wildman–Crippen MR) is 179 cm³/mol. The van der Waals surface area contributed by atoms with Crippen molar-refractivity contribution in [1.82, 2.24) is 19.1 Å². The van der Waals surface area contributed by atoms with Crippen LogP contribution in [0.5, 0.6) is 0 Å². The van der Waals surface area contributed by atoms with Gasteiger partial charge >= 0.3 is 0 Å².